The second-order valence-electron chi connectivity index (χ2n) is 8.27. The van der Waals surface area contributed by atoms with Crippen LogP contribution in [0, 0.1) is 11.3 Å². The van der Waals surface area contributed by atoms with Gasteiger partial charge < -0.3 is 19.5 Å². The Morgan fingerprint density at radius 2 is 2.00 bits per heavy atom. The molecule has 32 heavy (non-hydrogen) atoms. The number of hydrogen-bond donors (Lipinski definition) is 1. The molecule has 1 amide bonds. The van der Waals surface area contributed by atoms with Crippen molar-refractivity contribution in [2.24, 2.45) is 0 Å². The molecular formula is C25H25N5O2. The van der Waals surface area contributed by atoms with E-state index in [9.17, 15) is 4.79 Å². The van der Waals surface area contributed by atoms with Gasteiger partial charge >= 0.3 is 0 Å². The number of fused-ring (bicyclic) bond motifs is 1. The molecule has 0 radical (unpaired) electrons. The summed E-state index contributed by atoms with van der Waals surface area (Å²) in [6.45, 7) is 2.63. The molecule has 0 spiro atoms. The van der Waals surface area contributed by atoms with Crippen molar-refractivity contribution in [3.05, 3.63) is 83.4 Å². The van der Waals surface area contributed by atoms with Crippen molar-refractivity contribution in [3.63, 3.8) is 0 Å². The Morgan fingerprint density at radius 3 is 2.84 bits per heavy atom. The standard InChI is InChI=1S/C25H25N5O2/c26-13-18-5-7-19(8-6-18)16-29-17-27-14-20(29)15-28-22-9-11-30(25(22)31)23-10-12-32-24-4-2-1-3-21(23)24/h1-8,14,17,22-23,28H,9-12,15-16H2/t22-,23?/m0/s1. The summed E-state index contributed by atoms with van der Waals surface area (Å²) in [7, 11) is 0. The summed E-state index contributed by atoms with van der Waals surface area (Å²) in [5, 5.41) is 12.4. The van der Waals surface area contributed by atoms with Crippen LogP contribution in [0.25, 0.3) is 0 Å². The molecule has 2 atom stereocenters. The maximum absolute atomic E-state index is 13.2. The van der Waals surface area contributed by atoms with E-state index in [1.54, 1.807) is 6.33 Å². The molecule has 3 heterocycles. The summed E-state index contributed by atoms with van der Waals surface area (Å²) in [5.41, 5.74) is 3.88. The molecule has 0 aliphatic carbocycles. The van der Waals surface area contributed by atoms with Crippen LogP contribution in [0.4, 0.5) is 0 Å². The summed E-state index contributed by atoms with van der Waals surface area (Å²) in [6.07, 6.45) is 5.26. The first-order valence-electron chi connectivity index (χ1n) is 11.0. The molecule has 2 aliphatic rings. The molecule has 0 bridgehead atoms. The van der Waals surface area contributed by atoms with E-state index in [1.165, 1.54) is 0 Å². The minimum Gasteiger partial charge on any atom is -0.493 e. The highest BCUT2D eigenvalue weighted by Gasteiger charge is 2.38. The van der Waals surface area contributed by atoms with Gasteiger partial charge in [0.1, 0.15) is 5.75 Å². The zero-order valence-corrected chi connectivity index (χ0v) is 17.8. The zero-order valence-electron chi connectivity index (χ0n) is 17.8. The lowest BCUT2D eigenvalue weighted by Crippen LogP contribution is -2.40. The fourth-order valence-electron chi connectivity index (χ4n) is 4.59. The van der Waals surface area contributed by atoms with E-state index in [1.807, 2.05) is 53.6 Å². The largest absolute Gasteiger partial charge is 0.493 e. The molecule has 0 saturated carbocycles. The number of para-hydroxylation sites is 1. The normalized spacial score (nSPS) is 20.0. The van der Waals surface area contributed by atoms with Gasteiger partial charge in [-0.1, -0.05) is 30.3 Å². The number of imidazole rings is 1. The van der Waals surface area contributed by atoms with E-state index in [2.05, 4.69) is 27.0 Å². The smallest absolute Gasteiger partial charge is 0.240 e. The number of ether oxygens (including phenoxy) is 1. The van der Waals surface area contributed by atoms with Crippen LogP contribution in [-0.4, -0.2) is 39.6 Å². The predicted molar refractivity (Wildman–Crippen MR) is 119 cm³/mol. The summed E-state index contributed by atoms with van der Waals surface area (Å²) < 4.78 is 7.84. The minimum absolute atomic E-state index is 0.0844. The molecular weight excluding hydrogens is 402 g/mol. The zero-order chi connectivity index (χ0) is 21.9. The van der Waals surface area contributed by atoms with Gasteiger partial charge in [0.05, 0.1) is 42.3 Å². The van der Waals surface area contributed by atoms with Gasteiger partial charge in [-0.3, -0.25) is 4.79 Å². The number of likely N-dealkylation sites (tertiary alicyclic amines) is 1. The lowest BCUT2D eigenvalue weighted by atomic mass is 9.99. The van der Waals surface area contributed by atoms with Gasteiger partial charge in [-0.15, -0.1) is 0 Å². The Morgan fingerprint density at radius 1 is 1.16 bits per heavy atom. The highest BCUT2D eigenvalue weighted by atomic mass is 16.5. The molecule has 7 heteroatoms. The number of amides is 1. The van der Waals surface area contributed by atoms with Gasteiger partial charge in [-0.2, -0.15) is 5.26 Å². The second kappa shape index (κ2) is 8.85. The van der Waals surface area contributed by atoms with Crippen molar-refractivity contribution >= 4 is 5.91 Å². The Bertz CT molecular complexity index is 1150. The van der Waals surface area contributed by atoms with Gasteiger partial charge in [0.25, 0.3) is 0 Å². The average Bonchev–Trinajstić information content (AvgIpc) is 3.43. The van der Waals surface area contributed by atoms with Gasteiger partial charge in [-0.25, -0.2) is 4.98 Å². The second-order valence-corrected chi connectivity index (χ2v) is 8.27. The van der Waals surface area contributed by atoms with E-state index >= 15 is 0 Å². The lowest BCUT2D eigenvalue weighted by Gasteiger charge is -2.33. The summed E-state index contributed by atoms with van der Waals surface area (Å²) >= 11 is 0. The molecule has 3 aromatic rings. The highest BCUT2D eigenvalue weighted by Crippen LogP contribution is 2.37. The van der Waals surface area contributed by atoms with Crippen LogP contribution >= 0.6 is 0 Å². The van der Waals surface area contributed by atoms with Crippen molar-refractivity contribution in [1.29, 1.82) is 5.26 Å². The number of carbonyl (C=O) groups is 1. The number of carbonyl (C=O) groups excluding carboxylic acids is 1. The summed E-state index contributed by atoms with van der Waals surface area (Å²) in [6, 6.07) is 17.6. The predicted octanol–water partition coefficient (Wildman–Crippen LogP) is 3.02. The third-order valence-electron chi connectivity index (χ3n) is 6.31. The monoisotopic (exact) mass is 427 g/mol. The third-order valence-corrected chi connectivity index (χ3v) is 6.31. The summed E-state index contributed by atoms with van der Waals surface area (Å²) in [5.74, 6) is 1.05. The number of nitriles is 1. The van der Waals surface area contributed by atoms with E-state index in [-0.39, 0.29) is 18.0 Å². The fourth-order valence-corrected chi connectivity index (χ4v) is 4.59. The first-order valence-corrected chi connectivity index (χ1v) is 11.0. The lowest BCUT2D eigenvalue weighted by molar-refractivity contribution is -0.132. The van der Waals surface area contributed by atoms with Gasteiger partial charge in [0.15, 0.2) is 0 Å². The van der Waals surface area contributed by atoms with Crippen molar-refractivity contribution in [3.8, 4) is 11.8 Å². The number of nitrogens with one attached hydrogen (secondary N) is 1. The maximum atomic E-state index is 13.2. The fraction of sp³-hybridized carbons (Fsp3) is 0.320. The average molecular weight is 428 g/mol. The Labute approximate surface area is 187 Å². The van der Waals surface area contributed by atoms with E-state index in [4.69, 9.17) is 10.00 Å². The SMILES string of the molecule is N#Cc1ccc(Cn2cncc2CN[C@H]2CCN(C3CCOc4ccccc43)C2=O)cc1. The van der Waals surface area contributed by atoms with Crippen molar-refractivity contribution in [1.82, 2.24) is 19.8 Å². The van der Waals surface area contributed by atoms with E-state index in [0.717, 1.165) is 42.0 Å². The molecule has 5 rings (SSSR count). The first-order chi connectivity index (χ1) is 15.7. The third kappa shape index (κ3) is 3.97. The molecule has 2 aliphatic heterocycles. The van der Waals surface area contributed by atoms with E-state index < -0.39 is 0 Å². The van der Waals surface area contributed by atoms with Gasteiger partial charge in [0, 0.05) is 37.8 Å². The van der Waals surface area contributed by atoms with Crippen LogP contribution in [0.1, 0.15) is 41.3 Å². The highest BCUT2D eigenvalue weighted by molar-refractivity contribution is 5.84. The van der Waals surface area contributed by atoms with Crippen LogP contribution < -0.4 is 10.1 Å². The molecule has 1 fully saturated rings. The Hall–Kier alpha value is -3.63. The number of nitrogens with zero attached hydrogens (tertiary/aromatic N) is 4. The number of hydrogen-bond acceptors (Lipinski definition) is 5. The van der Waals surface area contributed by atoms with Crippen LogP contribution in [-0.2, 0) is 17.9 Å². The first kappa shape index (κ1) is 20.3. The van der Waals surface area contributed by atoms with Gasteiger partial charge in [0.2, 0.25) is 5.91 Å². The van der Waals surface area contributed by atoms with Crippen LogP contribution in [0.5, 0.6) is 5.75 Å². The topological polar surface area (TPSA) is 83.2 Å². The Balaban J connectivity index is 1.22. The van der Waals surface area contributed by atoms with Crippen LogP contribution in [0.2, 0.25) is 0 Å². The minimum atomic E-state index is -0.191. The molecule has 1 saturated heterocycles. The molecule has 1 N–H and O–H groups in total. The van der Waals surface area contributed by atoms with Crippen molar-refractivity contribution in [2.45, 2.75) is 38.0 Å². The van der Waals surface area contributed by atoms with Crippen LogP contribution in [0.15, 0.2) is 61.1 Å². The maximum Gasteiger partial charge on any atom is 0.240 e. The molecule has 1 unspecified atom stereocenters. The number of benzene rings is 2. The van der Waals surface area contributed by atoms with E-state index in [0.29, 0.717) is 25.3 Å². The quantitative estimate of drug-likeness (QED) is 0.654. The van der Waals surface area contributed by atoms with Crippen molar-refractivity contribution in [2.75, 3.05) is 13.2 Å². The molecule has 1 aromatic heterocycles. The van der Waals surface area contributed by atoms with Gasteiger partial charge in [-0.05, 0) is 30.2 Å². The molecule has 7 nitrogen and oxygen atoms in total. The summed E-state index contributed by atoms with van der Waals surface area (Å²) in [4.78, 5) is 19.5. The van der Waals surface area contributed by atoms with Crippen LogP contribution in [0.3, 0.4) is 0 Å². The molecule has 162 valence electrons. The number of aromatic nitrogens is 2. The molecule has 2 aromatic carbocycles. The Kier molecular flexibility index (Phi) is 5.61. The number of rotatable bonds is 6. The van der Waals surface area contributed by atoms with Crippen molar-refractivity contribution < 1.29 is 9.53 Å².